The number of hydrogen-bond acceptors (Lipinski definition) is 3. The fourth-order valence-corrected chi connectivity index (χ4v) is 1.89. The molecule has 0 radical (unpaired) electrons. The van der Waals surface area contributed by atoms with Crippen molar-refractivity contribution in [1.82, 2.24) is 4.98 Å². The lowest BCUT2D eigenvalue weighted by Crippen LogP contribution is -2.31. The molecule has 2 N–H and O–H groups in total. The number of halogens is 1. The molecular formula is C9H11BClNO2. The third-order valence-electron chi connectivity index (χ3n) is 2.73. The maximum atomic E-state index is 8.98. The van der Waals surface area contributed by atoms with E-state index >= 15 is 0 Å². The molecule has 0 aliphatic heterocycles. The molecule has 0 aromatic carbocycles. The SMILES string of the molecule is OB(O)c1cnc(Cl)c(C2CCC2)c1. The number of pyridine rings is 1. The van der Waals surface area contributed by atoms with Crippen LogP contribution in [0.15, 0.2) is 12.3 Å². The Kier molecular flexibility index (Phi) is 2.77. The quantitative estimate of drug-likeness (QED) is 0.559. The van der Waals surface area contributed by atoms with Gasteiger partial charge in [0, 0.05) is 11.7 Å². The highest BCUT2D eigenvalue weighted by molar-refractivity contribution is 6.58. The molecule has 1 fully saturated rings. The van der Waals surface area contributed by atoms with Crippen LogP contribution >= 0.6 is 11.6 Å². The van der Waals surface area contributed by atoms with Crippen LogP contribution in [0.4, 0.5) is 0 Å². The number of rotatable bonds is 2. The number of aromatic nitrogens is 1. The van der Waals surface area contributed by atoms with Crippen molar-refractivity contribution >= 4 is 24.2 Å². The van der Waals surface area contributed by atoms with E-state index in [-0.39, 0.29) is 0 Å². The highest BCUT2D eigenvalue weighted by Crippen LogP contribution is 2.38. The van der Waals surface area contributed by atoms with Crippen LogP contribution in [-0.4, -0.2) is 22.2 Å². The fourth-order valence-electron chi connectivity index (χ4n) is 1.63. The van der Waals surface area contributed by atoms with Crippen LogP contribution in [0.25, 0.3) is 0 Å². The number of hydrogen-bond donors (Lipinski definition) is 2. The van der Waals surface area contributed by atoms with E-state index in [1.165, 1.54) is 12.6 Å². The van der Waals surface area contributed by atoms with Crippen LogP contribution < -0.4 is 5.46 Å². The summed E-state index contributed by atoms with van der Waals surface area (Å²) in [6, 6.07) is 1.74. The summed E-state index contributed by atoms with van der Waals surface area (Å²) in [5, 5.41) is 18.5. The minimum absolute atomic E-state index is 0.413. The molecule has 1 saturated carbocycles. The average molecular weight is 211 g/mol. The first-order chi connectivity index (χ1) is 6.68. The van der Waals surface area contributed by atoms with E-state index in [9.17, 15) is 0 Å². The monoisotopic (exact) mass is 211 g/mol. The minimum Gasteiger partial charge on any atom is -0.423 e. The van der Waals surface area contributed by atoms with Crippen LogP contribution in [0.2, 0.25) is 5.15 Å². The fraction of sp³-hybridized carbons (Fsp3) is 0.444. The van der Waals surface area contributed by atoms with Crippen molar-refractivity contribution < 1.29 is 10.0 Å². The molecule has 1 heterocycles. The standard InChI is InChI=1S/C9H11BClNO2/c11-9-8(6-2-1-3-6)4-7(5-12-9)10(13)14/h4-6,13-14H,1-3H2. The summed E-state index contributed by atoms with van der Waals surface area (Å²) in [5.74, 6) is 0.452. The van der Waals surface area contributed by atoms with Crippen LogP contribution in [0.3, 0.4) is 0 Å². The third-order valence-corrected chi connectivity index (χ3v) is 3.05. The van der Waals surface area contributed by atoms with Gasteiger partial charge in [0.1, 0.15) is 5.15 Å². The van der Waals surface area contributed by atoms with Gasteiger partial charge in [-0.1, -0.05) is 24.1 Å². The molecule has 0 unspecified atom stereocenters. The van der Waals surface area contributed by atoms with E-state index in [1.807, 2.05) is 0 Å². The van der Waals surface area contributed by atoms with Gasteiger partial charge in [-0.25, -0.2) is 4.98 Å². The Morgan fingerprint density at radius 1 is 1.43 bits per heavy atom. The Bertz CT molecular complexity index is 342. The summed E-state index contributed by atoms with van der Waals surface area (Å²) in [4.78, 5) is 3.95. The molecule has 74 valence electrons. The van der Waals surface area contributed by atoms with Crippen molar-refractivity contribution in [3.63, 3.8) is 0 Å². The molecule has 0 amide bonds. The predicted octanol–water partition coefficient (Wildman–Crippen LogP) is 0.682. The molecule has 1 aromatic heterocycles. The van der Waals surface area contributed by atoms with Crippen molar-refractivity contribution in [3.05, 3.63) is 23.0 Å². The topological polar surface area (TPSA) is 53.4 Å². The van der Waals surface area contributed by atoms with Gasteiger partial charge in [0.25, 0.3) is 0 Å². The molecule has 0 bridgehead atoms. The average Bonchev–Trinajstić information content (AvgIpc) is 2.05. The Labute approximate surface area is 87.9 Å². The first kappa shape index (κ1) is 9.96. The first-order valence-electron chi connectivity index (χ1n) is 4.70. The van der Waals surface area contributed by atoms with Crippen LogP contribution in [0.5, 0.6) is 0 Å². The van der Waals surface area contributed by atoms with Crippen LogP contribution in [-0.2, 0) is 0 Å². The molecule has 0 saturated heterocycles. The Balaban J connectivity index is 2.31. The van der Waals surface area contributed by atoms with Gasteiger partial charge >= 0.3 is 7.12 Å². The van der Waals surface area contributed by atoms with E-state index in [0.717, 1.165) is 18.4 Å². The second-order valence-electron chi connectivity index (χ2n) is 3.65. The van der Waals surface area contributed by atoms with Gasteiger partial charge in [-0.2, -0.15) is 0 Å². The van der Waals surface area contributed by atoms with Crippen molar-refractivity contribution in [3.8, 4) is 0 Å². The summed E-state index contributed by atoms with van der Waals surface area (Å²) < 4.78 is 0. The lowest BCUT2D eigenvalue weighted by atomic mass is 9.76. The van der Waals surface area contributed by atoms with Crippen molar-refractivity contribution in [2.24, 2.45) is 0 Å². The van der Waals surface area contributed by atoms with E-state index in [4.69, 9.17) is 21.6 Å². The van der Waals surface area contributed by atoms with Gasteiger partial charge < -0.3 is 10.0 Å². The van der Waals surface area contributed by atoms with Crippen molar-refractivity contribution in [2.75, 3.05) is 0 Å². The molecule has 5 heteroatoms. The molecule has 1 aromatic rings. The largest absolute Gasteiger partial charge is 0.490 e. The molecule has 1 aliphatic carbocycles. The highest BCUT2D eigenvalue weighted by atomic mass is 35.5. The van der Waals surface area contributed by atoms with Gasteiger partial charge in [-0.3, -0.25) is 0 Å². The molecule has 3 nitrogen and oxygen atoms in total. The first-order valence-corrected chi connectivity index (χ1v) is 5.08. The minimum atomic E-state index is -1.46. The van der Waals surface area contributed by atoms with Crippen LogP contribution in [0.1, 0.15) is 30.7 Å². The summed E-state index contributed by atoms with van der Waals surface area (Å²) >= 11 is 5.93. The zero-order chi connectivity index (χ0) is 10.1. The zero-order valence-corrected chi connectivity index (χ0v) is 8.41. The smallest absolute Gasteiger partial charge is 0.423 e. The van der Waals surface area contributed by atoms with E-state index in [0.29, 0.717) is 16.5 Å². The van der Waals surface area contributed by atoms with Gasteiger partial charge in [0.2, 0.25) is 0 Å². The molecule has 14 heavy (non-hydrogen) atoms. The summed E-state index contributed by atoms with van der Waals surface area (Å²) in [5.41, 5.74) is 1.36. The maximum absolute atomic E-state index is 8.98. The maximum Gasteiger partial charge on any atom is 0.490 e. The summed E-state index contributed by atoms with van der Waals surface area (Å²) in [7, 11) is -1.46. The van der Waals surface area contributed by atoms with E-state index < -0.39 is 7.12 Å². The Hall–Kier alpha value is -0.575. The molecule has 0 spiro atoms. The van der Waals surface area contributed by atoms with Gasteiger partial charge in [0.15, 0.2) is 0 Å². The second kappa shape index (κ2) is 3.89. The molecule has 2 rings (SSSR count). The second-order valence-corrected chi connectivity index (χ2v) is 4.01. The Morgan fingerprint density at radius 3 is 2.64 bits per heavy atom. The van der Waals surface area contributed by atoms with Gasteiger partial charge in [-0.15, -0.1) is 0 Å². The highest BCUT2D eigenvalue weighted by Gasteiger charge is 2.24. The van der Waals surface area contributed by atoms with Gasteiger partial charge in [0.05, 0.1) is 0 Å². The summed E-state index contributed by atoms with van der Waals surface area (Å²) in [6.07, 6.45) is 4.85. The lowest BCUT2D eigenvalue weighted by Gasteiger charge is -2.26. The summed E-state index contributed by atoms with van der Waals surface area (Å²) in [6.45, 7) is 0. The zero-order valence-electron chi connectivity index (χ0n) is 7.65. The van der Waals surface area contributed by atoms with Gasteiger partial charge in [-0.05, 0) is 24.3 Å². The normalized spacial score (nSPS) is 16.5. The number of nitrogens with zero attached hydrogens (tertiary/aromatic N) is 1. The van der Waals surface area contributed by atoms with E-state index in [2.05, 4.69) is 4.98 Å². The molecular weight excluding hydrogens is 200 g/mol. The van der Waals surface area contributed by atoms with E-state index in [1.54, 1.807) is 6.07 Å². The van der Waals surface area contributed by atoms with Crippen molar-refractivity contribution in [1.29, 1.82) is 0 Å². The lowest BCUT2D eigenvalue weighted by molar-refractivity contribution is 0.417. The van der Waals surface area contributed by atoms with Crippen molar-refractivity contribution in [2.45, 2.75) is 25.2 Å². The molecule has 0 atom stereocenters. The third kappa shape index (κ3) is 1.78. The van der Waals surface area contributed by atoms with Crippen LogP contribution in [0, 0.1) is 0 Å². The molecule has 1 aliphatic rings. The Morgan fingerprint density at radius 2 is 2.14 bits per heavy atom. The predicted molar refractivity (Wildman–Crippen MR) is 55.7 cm³/mol.